The third-order valence-corrected chi connectivity index (χ3v) is 3.37. The third-order valence-electron chi connectivity index (χ3n) is 3.37. The van der Waals surface area contributed by atoms with Gasteiger partial charge in [-0.3, -0.25) is 0 Å². The highest BCUT2D eigenvalue weighted by Gasteiger charge is 1.93. The number of methoxy groups -OCH3 is 2. The van der Waals surface area contributed by atoms with Crippen LogP contribution >= 0.6 is 0 Å². The lowest BCUT2D eigenvalue weighted by Crippen LogP contribution is -1.86. The van der Waals surface area contributed by atoms with Gasteiger partial charge in [-0.2, -0.15) is 0 Å². The molecule has 120 valence electrons. The van der Waals surface area contributed by atoms with Crippen LogP contribution in [0.2, 0.25) is 0 Å². The van der Waals surface area contributed by atoms with E-state index in [1.54, 1.807) is 14.2 Å². The van der Waals surface area contributed by atoms with E-state index >= 15 is 0 Å². The van der Waals surface area contributed by atoms with Crippen LogP contribution in [0.1, 0.15) is 37.8 Å². The molecule has 0 saturated carbocycles. The molecule has 0 aliphatic heterocycles. The highest BCUT2D eigenvalue weighted by molar-refractivity contribution is 5.28. The first kappa shape index (κ1) is 18.1. The zero-order chi connectivity index (χ0) is 16.2. The van der Waals surface area contributed by atoms with E-state index in [0.29, 0.717) is 0 Å². The Labute approximate surface area is 135 Å². The van der Waals surface area contributed by atoms with E-state index in [-0.39, 0.29) is 0 Å². The monoisotopic (exact) mass is 300 g/mol. The van der Waals surface area contributed by atoms with Crippen molar-refractivity contribution in [2.24, 2.45) is 0 Å². The van der Waals surface area contributed by atoms with Crippen molar-refractivity contribution in [1.82, 2.24) is 0 Å². The molecule has 2 aromatic carbocycles. The van der Waals surface area contributed by atoms with Gasteiger partial charge in [0.1, 0.15) is 11.5 Å². The number of rotatable bonds is 6. The maximum Gasteiger partial charge on any atom is 0.119 e. The van der Waals surface area contributed by atoms with Gasteiger partial charge in [0, 0.05) is 0 Å². The Morgan fingerprint density at radius 1 is 0.682 bits per heavy atom. The summed E-state index contributed by atoms with van der Waals surface area (Å²) < 4.78 is 10.1. The summed E-state index contributed by atoms with van der Waals surface area (Å²) in [5.41, 5.74) is 2.74. The minimum Gasteiger partial charge on any atom is -0.497 e. The van der Waals surface area contributed by atoms with Gasteiger partial charge in [-0.1, -0.05) is 51.0 Å². The number of ether oxygens (including phenoxy) is 2. The molecule has 22 heavy (non-hydrogen) atoms. The predicted molar refractivity (Wildman–Crippen MR) is 94.0 cm³/mol. The lowest BCUT2D eigenvalue weighted by Gasteiger charge is -2.01. The largest absolute Gasteiger partial charge is 0.497 e. The van der Waals surface area contributed by atoms with Crippen LogP contribution in [0.25, 0.3) is 0 Å². The van der Waals surface area contributed by atoms with Crippen molar-refractivity contribution in [1.29, 1.82) is 0 Å². The molecule has 2 nitrogen and oxygen atoms in total. The standard InChI is InChI=1S/2C10H14O/c1-3-5-9-6-4-7-10(8-9)11-2;1-3-4-9-5-7-10(11-2)8-6-9/h4,6-8H,3,5H2,1-2H3;5-8H,3-4H2,1-2H3. The summed E-state index contributed by atoms with van der Waals surface area (Å²) in [4.78, 5) is 0. The fourth-order valence-electron chi connectivity index (χ4n) is 2.20. The van der Waals surface area contributed by atoms with Gasteiger partial charge >= 0.3 is 0 Å². The SMILES string of the molecule is CCCc1ccc(OC)cc1.CCCc1cccc(OC)c1. The lowest BCUT2D eigenvalue weighted by atomic mass is 10.1. The lowest BCUT2D eigenvalue weighted by molar-refractivity contribution is 0.414. The molecule has 0 fully saturated rings. The molecular formula is C20H28O2. The van der Waals surface area contributed by atoms with Crippen molar-refractivity contribution in [2.45, 2.75) is 39.5 Å². The summed E-state index contributed by atoms with van der Waals surface area (Å²) in [6.45, 7) is 4.36. The maximum absolute atomic E-state index is 5.10. The first-order valence-corrected chi connectivity index (χ1v) is 7.99. The molecule has 2 aromatic rings. The summed E-state index contributed by atoms with van der Waals surface area (Å²) in [6, 6.07) is 16.5. The first-order chi connectivity index (χ1) is 10.7. The van der Waals surface area contributed by atoms with Gasteiger partial charge in [-0.25, -0.2) is 0 Å². The zero-order valence-electron chi connectivity index (χ0n) is 14.3. The molecule has 0 aliphatic rings. The smallest absolute Gasteiger partial charge is 0.119 e. The van der Waals surface area contributed by atoms with Crippen LogP contribution in [-0.2, 0) is 12.8 Å². The average molecular weight is 300 g/mol. The maximum atomic E-state index is 5.10. The average Bonchev–Trinajstić information content (AvgIpc) is 2.57. The Morgan fingerprint density at radius 3 is 1.82 bits per heavy atom. The molecule has 0 atom stereocenters. The van der Waals surface area contributed by atoms with Crippen molar-refractivity contribution in [3.63, 3.8) is 0 Å². The molecule has 0 spiro atoms. The van der Waals surface area contributed by atoms with Gasteiger partial charge in [-0.05, 0) is 48.2 Å². The van der Waals surface area contributed by atoms with Crippen LogP contribution in [0.5, 0.6) is 11.5 Å². The topological polar surface area (TPSA) is 18.5 Å². The molecule has 0 aliphatic carbocycles. The van der Waals surface area contributed by atoms with Gasteiger partial charge in [-0.15, -0.1) is 0 Å². The van der Waals surface area contributed by atoms with Crippen molar-refractivity contribution >= 4 is 0 Å². The van der Waals surface area contributed by atoms with Crippen LogP contribution in [0.3, 0.4) is 0 Å². The molecule has 2 rings (SSSR count). The van der Waals surface area contributed by atoms with E-state index in [1.165, 1.54) is 24.0 Å². The molecule has 0 bridgehead atoms. The molecule has 0 unspecified atom stereocenters. The van der Waals surface area contributed by atoms with E-state index in [1.807, 2.05) is 24.3 Å². The van der Waals surface area contributed by atoms with E-state index in [0.717, 1.165) is 24.3 Å². The van der Waals surface area contributed by atoms with Gasteiger partial charge in [0.15, 0.2) is 0 Å². The van der Waals surface area contributed by atoms with E-state index in [2.05, 4.69) is 38.1 Å². The molecule has 0 heterocycles. The van der Waals surface area contributed by atoms with Gasteiger partial charge in [0.2, 0.25) is 0 Å². The number of hydrogen-bond donors (Lipinski definition) is 0. The molecule has 0 amide bonds. The minimum absolute atomic E-state index is 0.935. The van der Waals surface area contributed by atoms with Crippen molar-refractivity contribution in [2.75, 3.05) is 14.2 Å². The summed E-state index contributed by atoms with van der Waals surface area (Å²) >= 11 is 0. The number of aryl methyl sites for hydroxylation is 2. The second kappa shape index (κ2) is 10.7. The van der Waals surface area contributed by atoms with Crippen LogP contribution in [0.15, 0.2) is 48.5 Å². The van der Waals surface area contributed by atoms with E-state index < -0.39 is 0 Å². The highest BCUT2D eigenvalue weighted by Crippen LogP contribution is 2.13. The second-order valence-corrected chi connectivity index (χ2v) is 5.20. The van der Waals surface area contributed by atoms with Crippen molar-refractivity contribution in [3.8, 4) is 11.5 Å². The van der Waals surface area contributed by atoms with Crippen LogP contribution in [0.4, 0.5) is 0 Å². The fourth-order valence-corrected chi connectivity index (χ4v) is 2.20. The Morgan fingerprint density at radius 2 is 1.27 bits per heavy atom. The summed E-state index contributed by atoms with van der Waals surface area (Å²) in [5.74, 6) is 1.89. The number of hydrogen-bond acceptors (Lipinski definition) is 2. The minimum atomic E-state index is 0.935. The van der Waals surface area contributed by atoms with Gasteiger partial charge in [0.05, 0.1) is 14.2 Å². The van der Waals surface area contributed by atoms with Crippen LogP contribution in [0, 0.1) is 0 Å². The molecule has 0 radical (unpaired) electrons. The normalized spacial score (nSPS) is 9.64. The zero-order valence-corrected chi connectivity index (χ0v) is 14.3. The fraction of sp³-hybridized carbons (Fsp3) is 0.400. The first-order valence-electron chi connectivity index (χ1n) is 7.99. The Bertz CT molecular complexity index is 517. The van der Waals surface area contributed by atoms with E-state index in [9.17, 15) is 0 Å². The second-order valence-electron chi connectivity index (χ2n) is 5.20. The van der Waals surface area contributed by atoms with Crippen LogP contribution in [-0.4, -0.2) is 14.2 Å². The van der Waals surface area contributed by atoms with Gasteiger partial charge in [0.25, 0.3) is 0 Å². The molecule has 0 N–H and O–H groups in total. The van der Waals surface area contributed by atoms with Gasteiger partial charge < -0.3 is 9.47 Å². The van der Waals surface area contributed by atoms with Crippen LogP contribution < -0.4 is 9.47 Å². The molecule has 2 heteroatoms. The Hall–Kier alpha value is -1.96. The quantitative estimate of drug-likeness (QED) is 0.721. The Balaban J connectivity index is 0.000000220. The van der Waals surface area contributed by atoms with E-state index in [4.69, 9.17) is 9.47 Å². The Kier molecular flexibility index (Phi) is 8.82. The third kappa shape index (κ3) is 6.66. The summed E-state index contributed by atoms with van der Waals surface area (Å²) in [6.07, 6.45) is 4.68. The molecular weight excluding hydrogens is 272 g/mol. The summed E-state index contributed by atoms with van der Waals surface area (Å²) in [5, 5.41) is 0. The van der Waals surface area contributed by atoms with Crippen molar-refractivity contribution < 1.29 is 9.47 Å². The number of benzene rings is 2. The molecule has 0 aromatic heterocycles. The summed E-state index contributed by atoms with van der Waals surface area (Å²) in [7, 11) is 3.39. The predicted octanol–water partition coefficient (Wildman–Crippen LogP) is 5.30. The molecule has 0 saturated heterocycles. The highest BCUT2D eigenvalue weighted by atomic mass is 16.5. The van der Waals surface area contributed by atoms with Crippen molar-refractivity contribution in [3.05, 3.63) is 59.7 Å².